The zero-order valence-electron chi connectivity index (χ0n) is 18.2. The number of anilines is 1. The zero-order chi connectivity index (χ0) is 26.0. The second-order valence-corrected chi connectivity index (χ2v) is 8.90. The number of benzene rings is 1. The minimum absolute atomic E-state index is 0.0410. The molecular formula is C21H19ClFN5O8. The normalized spacial score (nSPS) is 27.2. The number of nitrogens with two attached hydrogens (primary N) is 1. The smallest absolute Gasteiger partial charge is 0.348 e. The van der Waals surface area contributed by atoms with E-state index in [0.29, 0.717) is 5.56 Å². The number of aliphatic hydroxyl groups is 2. The summed E-state index contributed by atoms with van der Waals surface area (Å²) >= 11 is 5.83. The van der Waals surface area contributed by atoms with Gasteiger partial charge in [-0.2, -0.15) is 9.97 Å². The third-order valence-corrected chi connectivity index (χ3v) is 6.60. The first-order valence-electron chi connectivity index (χ1n) is 10.5. The molecule has 13 nitrogen and oxygen atoms in total. The van der Waals surface area contributed by atoms with Crippen LogP contribution >= 0.6 is 11.6 Å². The SMILES string of the molecule is Nc1nc(Cl)nc2c1ncn2[C@@H]1O[C@@H]2C(OC(Cc3ccc(CO)cc3)(C(=O)O)C(=O)O)[C@]2(O)[C@@H]1F. The summed E-state index contributed by atoms with van der Waals surface area (Å²) < 4.78 is 27.7. The summed E-state index contributed by atoms with van der Waals surface area (Å²) in [4.78, 5) is 35.9. The predicted molar refractivity (Wildman–Crippen MR) is 117 cm³/mol. The lowest BCUT2D eigenvalue weighted by molar-refractivity contribution is -0.194. The van der Waals surface area contributed by atoms with Crippen LogP contribution in [0.15, 0.2) is 30.6 Å². The molecule has 1 unspecified atom stereocenters. The van der Waals surface area contributed by atoms with Crippen LogP contribution in [0.5, 0.6) is 0 Å². The number of hydrogen-bond acceptors (Lipinski definition) is 10. The number of aromatic nitrogens is 4. The largest absolute Gasteiger partial charge is 0.479 e. The Morgan fingerprint density at radius 2 is 1.86 bits per heavy atom. The van der Waals surface area contributed by atoms with Crippen molar-refractivity contribution < 1.29 is 43.9 Å². The molecule has 1 aliphatic carbocycles. The van der Waals surface area contributed by atoms with Crippen molar-refractivity contribution in [3.05, 3.63) is 47.0 Å². The van der Waals surface area contributed by atoms with Crippen molar-refractivity contribution in [1.82, 2.24) is 19.5 Å². The summed E-state index contributed by atoms with van der Waals surface area (Å²) in [5.74, 6) is -3.74. The maximum atomic E-state index is 15.5. The molecule has 0 spiro atoms. The third kappa shape index (κ3) is 3.49. The van der Waals surface area contributed by atoms with Crippen molar-refractivity contribution in [2.75, 3.05) is 5.73 Å². The zero-order valence-corrected chi connectivity index (χ0v) is 18.9. The molecule has 3 aromatic rings. The van der Waals surface area contributed by atoms with Crippen LogP contribution in [-0.2, 0) is 32.1 Å². The summed E-state index contributed by atoms with van der Waals surface area (Å²) in [7, 11) is 0. The van der Waals surface area contributed by atoms with Gasteiger partial charge in [-0.15, -0.1) is 0 Å². The van der Waals surface area contributed by atoms with Gasteiger partial charge in [0.05, 0.1) is 12.9 Å². The van der Waals surface area contributed by atoms with Gasteiger partial charge in [0.1, 0.15) is 17.7 Å². The van der Waals surface area contributed by atoms with Gasteiger partial charge >= 0.3 is 11.9 Å². The van der Waals surface area contributed by atoms with E-state index >= 15 is 4.39 Å². The minimum atomic E-state index is -2.85. The second-order valence-electron chi connectivity index (χ2n) is 8.57. The fourth-order valence-electron chi connectivity index (χ4n) is 4.38. The maximum Gasteiger partial charge on any atom is 0.348 e. The van der Waals surface area contributed by atoms with Gasteiger partial charge in [-0.25, -0.2) is 19.0 Å². The van der Waals surface area contributed by atoms with Crippen molar-refractivity contribution in [3.8, 4) is 0 Å². The van der Waals surface area contributed by atoms with Gasteiger partial charge in [0, 0.05) is 6.42 Å². The highest BCUT2D eigenvalue weighted by Crippen LogP contribution is 2.58. The quantitative estimate of drug-likeness (QED) is 0.196. The van der Waals surface area contributed by atoms with Crippen LogP contribution in [-0.4, -0.2) is 81.5 Å². The highest BCUT2D eigenvalue weighted by Gasteiger charge is 2.80. The molecule has 2 aliphatic rings. The molecule has 6 N–H and O–H groups in total. The number of rotatable bonds is 8. The van der Waals surface area contributed by atoms with E-state index in [0.717, 1.165) is 4.57 Å². The molecule has 1 saturated heterocycles. The van der Waals surface area contributed by atoms with E-state index < -0.39 is 54.2 Å². The highest BCUT2D eigenvalue weighted by molar-refractivity contribution is 6.28. The van der Waals surface area contributed by atoms with Crippen LogP contribution in [0, 0.1) is 0 Å². The number of hydrogen-bond donors (Lipinski definition) is 5. The number of halogens is 2. The minimum Gasteiger partial charge on any atom is -0.479 e. The third-order valence-electron chi connectivity index (χ3n) is 6.43. The Morgan fingerprint density at radius 3 is 2.42 bits per heavy atom. The summed E-state index contributed by atoms with van der Waals surface area (Å²) in [6.07, 6.45) is -6.06. The lowest BCUT2D eigenvalue weighted by atomic mass is 9.93. The number of imidazole rings is 1. The number of nitrogen functional groups attached to an aromatic ring is 1. The lowest BCUT2D eigenvalue weighted by Crippen LogP contribution is -2.53. The van der Waals surface area contributed by atoms with E-state index in [9.17, 15) is 24.9 Å². The van der Waals surface area contributed by atoms with Gasteiger partial charge in [-0.05, 0) is 22.7 Å². The first kappa shape index (κ1) is 24.3. The number of fused-ring (bicyclic) bond motifs is 2. The highest BCUT2D eigenvalue weighted by atomic mass is 35.5. The van der Waals surface area contributed by atoms with E-state index in [1.165, 1.54) is 30.6 Å². The molecule has 0 bridgehead atoms. The average molecular weight is 524 g/mol. The predicted octanol–water partition coefficient (Wildman–Crippen LogP) is 0.0703. The van der Waals surface area contributed by atoms with Crippen LogP contribution < -0.4 is 5.73 Å². The molecule has 36 heavy (non-hydrogen) atoms. The molecule has 2 aromatic heterocycles. The van der Waals surface area contributed by atoms with Crippen molar-refractivity contribution in [1.29, 1.82) is 0 Å². The molecule has 0 radical (unpaired) electrons. The van der Waals surface area contributed by atoms with Crippen LogP contribution in [0.25, 0.3) is 11.2 Å². The van der Waals surface area contributed by atoms with E-state index in [1.807, 2.05) is 0 Å². The van der Waals surface area contributed by atoms with E-state index in [1.54, 1.807) is 0 Å². The molecular weight excluding hydrogens is 505 g/mol. The monoisotopic (exact) mass is 523 g/mol. The van der Waals surface area contributed by atoms with Crippen LogP contribution in [0.3, 0.4) is 0 Å². The van der Waals surface area contributed by atoms with E-state index in [-0.39, 0.29) is 34.4 Å². The number of aliphatic hydroxyl groups excluding tert-OH is 1. The van der Waals surface area contributed by atoms with Crippen LogP contribution in [0.1, 0.15) is 17.4 Å². The van der Waals surface area contributed by atoms with Crippen molar-refractivity contribution in [3.63, 3.8) is 0 Å². The summed E-state index contributed by atoms with van der Waals surface area (Å²) in [6.45, 7) is -0.260. The van der Waals surface area contributed by atoms with Gasteiger partial charge in [-0.1, -0.05) is 24.3 Å². The van der Waals surface area contributed by atoms with Crippen molar-refractivity contribution >= 4 is 40.5 Å². The molecule has 5 rings (SSSR count). The number of carboxylic acid groups (broad SMARTS) is 2. The fraction of sp³-hybridized carbons (Fsp3) is 0.381. The van der Waals surface area contributed by atoms with Gasteiger partial charge in [0.15, 0.2) is 29.5 Å². The summed E-state index contributed by atoms with van der Waals surface area (Å²) in [5, 5.41) is 39.5. The Hall–Kier alpha value is -3.43. The Kier molecular flexibility index (Phi) is 5.61. The molecule has 5 atom stereocenters. The van der Waals surface area contributed by atoms with Gasteiger partial charge in [-0.3, -0.25) is 4.57 Å². The van der Waals surface area contributed by atoms with Crippen molar-refractivity contribution in [2.45, 2.75) is 48.8 Å². The number of alkyl halides is 1. The molecule has 15 heteroatoms. The Morgan fingerprint density at radius 1 is 1.22 bits per heavy atom. The summed E-state index contributed by atoms with van der Waals surface area (Å²) in [5.41, 5.74) is 1.54. The Balaban J connectivity index is 1.41. The first-order valence-corrected chi connectivity index (χ1v) is 10.9. The molecule has 1 saturated carbocycles. The molecule has 1 aromatic carbocycles. The average Bonchev–Trinajstić information content (AvgIpc) is 3.08. The topological polar surface area (TPSA) is 203 Å². The number of ether oxygens (including phenoxy) is 2. The number of carbonyl (C=O) groups is 2. The second kappa shape index (κ2) is 8.31. The molecule has 190 valence electrons. The Labute approximate surface area is 205 Å². The molecule has 2 fully saturated rings. The van der Waals surface area contributed by atoms with Gasteiger partial charge in [0.25, 0.3) is 5.60 Å². The number of nitrogens with zero attached hydrogens (tertiary/aromatic N) is 4. The molecule has 0 amide bonds. The molecule has 1 aliphatic heterocycles. The van der Waals surface area contributed by atoms with Crippen LogP contribution in [0.2, 0.25) is 5.28 Å². The number of aliphatic carboxylic acids is 2. The maximum absolute atomic E-state index is 15.5. The molecule has 3 heterocycles. The Bertz CT molecular complexity index is 1360. The van der Waals surface area contributed by atoms with E-state index in [4.69, 9.17) is 31.9 Å². The fourth-order valence-corrected chi connectivity index (χ4v) is 4.56. The van der Waals surface area contributed by atoms with Crippen LogP contribution in [0.4, 0.5) is 10.2 Å². The number of carboxylic acids is 2. The van der Waals surface area contributed by atoms with Gasteiger partial charge < -0.3 is 35.6 Å². The van der Waals surface area contributed by atoms with Crippen molar-refractivity contribution in [2.24, 2.45) is 0 Å². The first-order chi connectivity index (χ1) is 17.0. The standard InChI is InChI=1S/C21H19ClFN5O8/c22-19-26-14(24)10-15(27-19)28(7-25-10)16-11(23)21(34)12(35-16)13(21)36-20(17(30)31,18(32)33)5-8-1-3-9(6-29)4-2-8/h1-4,7,11-13,16,29,34H,5-6H2,(H,30,31)(H,32,33)(H2,24,26,27)/t11-,12-,13?,16-,21+/m1/s1. The summed E-state index contributed by atoms with van der Waals surface area (Å²) in [6, 6.07) is 5.86. The van der Waals surface area contributed by atoms with E-state index in [2.05, 4.69) is 15.0 Å². The lowest BCUT2D eigenvalue weighted by Gasteiger charge is -2.28. The van der Waals surface area contributed by atoms with Gasteiger partial charge in [0.2, 0.25) is 5.28 Å².